The molecule has 1 atom stereocenters. The van der Waals surface area contributed by atoms with Gasteiger partial charge >= 0.3 is 0 Å². The second kappa shape index (κ2) is 7.53. The fraction of sp³-hybridized carbons (Fsp3) is 0.333. The number of piperazine rings is 1. The van der Waals surface area contributed by atoms with Gasteiger partial charge in [-0.2, -0.15) is 0 Å². The molecule has 0 aliphatic carbocycles. The summed E-state index contributed by atoms with van der Waals surface area (Å²) in [4.78, 5) is 29.7. The minimum absolute atomic E-state index is 0.0487. The van der Waals surface area contributed by atoms with Crippen LogP contribution < -0.4 is 14.7 Å². The predicted molar refractivity (Wildman–Crippen MR) is 106 cm³/mol. The quantitative estimate of drug-likeness (QED) is 0.797. The van der Waals surface area contributed by atoms with Crippen LogP contribution in [0.25, 0.3) is 0 Å². The lowest BCUT2D eigenvalue weighted by atomic mass is 10.1. The third kappa shape index (κ3) is 3.38. The molecule has 2 aliphatic rings. The average molecular weight is 403 g/mol. The van der Waals surface area contributed by atoms with Crippen LogP contribution in [0.5, 0.6) is 0 Å². The van der Waals surface area contributed by atoms with E-state index in [0.29, 0.717) is 5.02 Å². The third-order valence-corrected chi connectivity index (χ3v) is 5.89. The zero-order chi connectivity index (χ0) is 19.8. The maximum Gasteiger partial charge on any atom is 0.292 e. The molecule has 2 amide bonds. The van der Waals surface area contributed by atoms with Crippen LogP contribution >= 0.6 is 11.6 Å². The fourth-order valence-electron chi connectivity index (χ4n) is 4.14. The van der Waals surface area contributed by atoms with Crippen molar-refractivity contribution in [3.8, 4) is 0 Å². The molecule has 2 fully saturated rings. The Bertz CT molecular complexity index is 928. The first-order valence-corrected chi connectivity index (χ1v) is 9.80. The van der Waals surface area contributed by atoms with Crippen molar-refractivity contribution < 1.29 is 18.9 Å². The summed E-state index contributed by atoms with van der Waals surface area (Å²) in [6.45, 7) is 5.07. The SMILES string of the molecule is Cc1ccc(Cl)cc1N1CC[NH+]([C@H]2CC(=O)N(c3ccccc3F)C2=O)CC1. The van der Waals surface area contributed by atoms with Crippen molar-refractivity contribution in [3.63, 3.8) is 0 Å². The summed E-state index contributed by atoms with van der Waals surface area (Å²) in [5.41, 5.74) is 2.31. The van der Waals surface area contributed by atoms with Gasteiger partial charge < -0.3 is 9.80 Å². The van der Waals surface area contributed by atoms with Gasteiger partial charge in [0.15, 0.2) is 6.04 Å². The van der Waals surface area contributed by atoms with E-state index >= 15 is 0 Å². The zero-order valence-electron chi connectivity index (χ0n) is 15.6. The van der Waals surface area contributed by atoms with Crippen LogP contribution in [0.1, 0.15) is 12.0 Å². The maximum absolute atomic E-state index is 14.1. The molecule has 2 aromatic rings. The molecule has 1 N–H and O–H groups in total. The minimum Gasteiger partial charge on any atom is -0.360 e. The highest BCUT2D eigenvalue weighted by atomic mass is 35.5. The van der Waals surface area contributed by atoms with Crippen molar-refractivity contribution in [2.45, 2.75) is 19.4 Å². The van der Waals surface area contributed by atoms with Gasteiger partial charge in [0.25, 0.3) is 5.91 Å². The maximum atomic E-state index is 14.1. The van der Waals surface area contributed by atoms with Gasteiger partial charge in [-0.25, -0.2) is 9.29 Å². The van der Waals surface area contributed by atoms with Gasteiger partial charge in [-0.15, -0.1) is 0 Å². The largest absolute Gasteiger partial charge is 0.360 e. The average Bonchev–Trinajstić information content (AvgIpc) is 2.99. The van der Waals surface area contributed by atoms with Crippen LogP contribution in [0.3, 0.4) is 0 Å². The topological polar surface area (TPSA) is 45.1 Å². The van der Waals surface area contributed by atoms with Gasteiger partial charge in [0.2, 0.25) is 5.91 Å². The van der Waals surface area contributed by atoms with Gasteiger partial charge in [-0.3, -0.25) is 9.59 Å². The van der Waals surface area contributed by atoms with Crippen molar-refractivity contribution in [3.05, 3.63) is 58.9 Å². The van der Waals surface area contributed by atoms with Crippen LogP contribution in [0, 0.1) is 12.7 Å². The number of aryl methyl sites for hydroxylation is 1. The Labute approximate surface area is 168 Å². The molecule has 0 saturated carbocycles. The second-order valence-electron chi connectivity index (χ2n) is 7.35. The summed E-state index contributed by atoms with van der Waals surface area (Å²) in [7, 11) is 0. The number of para-hydroxylation sites is 1. The van der Waals surface area contributed by atoms with Gasteiger partial charge in [0.05, 0.1) is 38.3 Å². The number of carbonyl (C=O) groups is 2. The Morgan fingerprint density at radius 2 is 1.79 bits per heavy atom. The molecule has 4 rings (SSSR count). The van der Waals surface area contributed by atoms with Crippen molar-refractivity contribution in [2.24, 2.45) is 0 Å². The van der Waals surface area contributed by atoms with E-state index in [2.05, 4.69) is 11.8 Å². The molecule has 146 valence electrons. The van der Waals surface area contributed by atoms with E-state index < -0.39 is 11.9 Å². The number of hydrogen-bond donors (Lipinski definition) is 1. The molecule has 0 unspecified atom stereocenters. The molecule has 2 heterocycles. The van der Waals surface area contributed by atoms with E-state index in [1.165, 1.54) is 12.1 Å². The molecule has 0 aromatic heterocycles. The molecule has 2 aliphatic heterocycles. The van der Waals surface area contributed by atoms with Crippen LogP contribution in [0.2, 0.25) is 5.02 Å². The van der Waals surface area contributed by atoms with E-state index in [-0.39, 0.29) is 23.9 Å². The van der Waals surface area contributed by atoms with Gasteiger partial charge in [0, 0.05) is 10.7 Å². The Hall–Kier alpha value is -2.44. The zero-order valence-corrected chi connectivity index (χ0v) is 16.4. The first-order chi connectivity index (χ1) is 13.5. The smallest absolute Gasteiger partial charge is 0.292 e. The lowest BCUT2D eigenvalue weighted by Gasteiger charge is -2.36. The van der Waals surface area contributed by atoms with E-state index in [1.54, 1.807) is 12.1 Å². The number of amides is 2. The lowest BCUT2D eigenvalue weighted by Crippen LogP contribution is -3.19. The summed E-state index contributed by atoms with van der Waals surface area (Å²) in [5.74, 6) is -1.20. The van der Waals surface area contributed by atoms with Gasteiger partial charge in [0.1, 0.15) is 5.82 Å². The minimum atomic E-state index is -0.555. The van der Waals surface area contributed by atoms with Gasteiger partial charge in [-0.1, -0.05) is 29.8 Å². The number of carbonyl (C=O) groups excluding carboxylic acids is 2. The highest BCUT2D eigenvalue weighted by Crippen LogP contribution is 2.26. The van der Waals surface area contributed by atoms with Crippen LogP contribution in [0.4, 0.5) is 15.8 Å². The van der Waals surface area contributed by atoms with E-state index in [4.69, 9.17) is 11.6 Å². The summed E-state index contributed by atoms with van der Waals surface area (Å²) < 4.78 is 14.1. The number of nitrogens with zero attached hydrogens (tertiary/aromatic N) is 2. The molecule has 0 bridgehead atoms. The Morgan fingerprint density at radius 1 is 1.07 bits per heavy atom. The predicted octanol–water partition coefficient (Wildman–Crippen LogP) is 1.82. The van der Waals surface area contributed by atoms with E-state index in [1.807, 2.05) is 18.2 Å². The van der Waals surface area contributed by atoms with Crippen molar-refractivity contribution in [2.75, 3.05) is 36.0 Å². The monoisotopic (exact) mass is 402 g/mol. The second-order valence-corrected chi connectivity index (χ2v) is 7.79. The number of anilines is 2. The summed E-state index contributed by atoms with van der Waals surface area (Å²) in [6, 6.07) is 11.3. The highest BCUT2D eigenvalue weighted by Gasteiger charge is 2.47. The normalized spacial score (nSPS) is 20.9. The number of rotatable bonds is 3. The van der Waals surface area contributed by atoms with Crippen LogP contribution in [0.15, 0.2) is 42.5 Å². The number of nitrogens with one attached hydrogen (secondary N) is 1. The van der Waals surface area contributed by atoms with Crippen molar-refractivity contribution in [1.29, 1.82) is 0 Å². The molecule has 0 spiro atoms. The lowest BCUT2D eigenvalue weighted by molar-refractivity contribution is -0.915. The Balaban J connectivity index is 1.47. The molecule has 0 radical (unpaired) electrons. The number of quaternary nitrogens is 1. The van der Waals surface area contributed by atoms with Crippen molar-refractivity contribution >= 4 is 34.8 Å². The Morgan fingerprint density at radius 3 is 2.50 bits per heavy atom. The Kier molecular flexibility index (Phi) is 5.08. The van der Waals surface area contributed by atoms with Crippen LogP contribution in [-0.4, -0.2) is 44.0 Å². The summed E-state index contributed by atoms with van der Waals surface area (Å²) in [5, 5.41) is 0.701. The fourth-order valence-corrected chi connectivity index (χ4v) is 4.31. The number of halogens is 2. The third-order valence-electron chi connectivity index (χ3n) is 5.65. The van der Waals surface area contributed by atoms with Gasteiger partial charge in [-0.05, 0) is 36.8 Å². The molecule has 2 aromatic carbocycles. The molecule has 28 heavy (non-hydrogen) atoms. The van der Waals surface area contributed by atoms with E-state index in [9.17, 15) is 14.0 Å². The standard InChI is InChI=1S/C21H21ClFN3O2/c1-14-6-7-15(22)12-18(14)24-8-10-25(11-9-24)19-13-20(27)26(21(19)28)17-5-3-2-4-16(17)23/h2-7,12,19H,8-11,13H2,1H3/p+1/t19-/m0/s1. The first kappa shape index (κ1) is 18.9. The molecule has 5 nitrogen and oxygen atoms in total. The first-order valence-electron chi connectivity index (χ1n) is 9.42. The van der Waals surface area contributed by atoms with E-state index in [0.717, 1.165) is 47.2 Å². The van der Waals surface area contributed by atoms with Crippen LogP contribution in [-0.2, 0) is 9.59 Å². The van der Waals surface area contributed by atoms with Crippen molar-refractivity contribution in [1.82, 2.24) is 0 Å². The number of hydrogen-bond acceptors (Lipinski definition) is 3. The molecule has 7 heteroatoms. The highest BCUT2D eigenvalue weighted by molar-refractivity contribution is 6.30. The number of benzene rings is 2. The summed E-state index contributed by atoms with van der Waals surface area (Å²) in [6.07, 6.45) is 0.124. The summed E-state index contributed by atoms with van der Waals surface area (Å²) >= 11 is 6.14. The molecular formula is C21H22ClFN3O2+. The molecular weight excluding hydrogens is 381 g/mol. The number of imide groups is 1. The molecule has 2 saturated heterocycles.